The zero-order chi connectivity index (χ0) is 25.1. The predicted octanol–water partition coefficient (Wildman–Crippen LogP) is 6.47. The van der Waals surface area contributed by atoms with Crippen LogP contribution in [0.5, 0.6) is 5.75 Å². The van der Waals surface area contributed by atoms with Crippen molar-refractivity contribution < 1.29 is 18.3 Å². The van der Waals surface area contributed by atoms with Gasteiger partial charge in [0.1, 0.15) is 5.75 Å². The van der Waals surface area contributed by atoms with E-state index in [2.05, 4.69) is 18.6 Å². The molecule has 0 amide bonds. The minimum absolute atomic E-state index is 0.0215. The van der Waals surface area contributed by atoms with E-state index in [9.17, 15) is 18.4 Å². The average molecular weight is 495 g/mol. The van der Waals surface area contributed by atoms with Crippen molar-refractivity contribution in [1.82, 2.24) is 9.55 Å². The van der Waals surface area contributed by atoms with Gasteiger partial charge in [-0.2, -0.15) is 8.78 Å². The molecule has 0 aliphatic heterocycles. The number of Topliss-reactive ketones (excluding diaryl/α,β-unsaturated/α-hetero) is 1. The van der Waals surface area contributed by atoms with Crippen molar-refractivity contribution in [3.05, 3.63) is 94.3 Å². The van der Waals surface area contributed by atoms with Crippen molar-refractivity contribution in [2.45, 2.75) is 43.7 Å². The molecule has 1 heterocycles. The summed E-state index contributed by atoms with van der Waals surface area (Å²) in [7, 11) is 0. The fourth-order valence-electron chi connectivity index (χ4n) is 3.67. The second kappa shape index (κ2) is 10.4. The number of halogens is 2. The molecule has 0 saturated heterocycles. The fourth-order valence-corrected chi connectivity index (χ4v) is 4.68. The SMILES string of the molecule is CC(Sc1nc2ccccc2c(=O)n1-c1ccc(C(C)C)cc1)C(=O)c1ccc(OC(F)F)cc1. The van der Waals surface area contributed by atoms with Crippen LogP contribution in [0.4, 0.5) is 8.78 Å². The molecule has 0 bridgehead atoms. The number of ketones is 1. The van der Waals surface area contributed by atoms with Crippen LogP contribution >= 0.6 is 11.8 Å². The molecule has 0 fully saturated rings. The van der Waals surface area contributed by atoms with E-state index in [1.165, 1.54) is 40.6 Å². The van der Waals surface area contributed by atoms with Crippen molar-refractivity contribution in [3.8, 4) is 11.4 Å². The molecule has 0 radical (unpaired) electrons. The highest BCUT2D eigenvalue weighted by Crippen LogP contribution is 2.28. The number of aromatic nitrogens is 2. The lowest BCUT2D eigenvalue weighted by atomic mass is 10.0. The molecule has 0 saturated carbocycles. The average Bonchev–Trinajstić information content (AvgIpc) is 2.84. The molecule has 0 aliphatic rings. The number of para-hydroxylation sites is 1. The topological polar surface area (TPSA) is 61.2 Å². The van der Waals surface area contributed by atoms with Gasteiger partial charge in [-0.1, -0.05) is 49.9 Å². The molecule has 0 spiro atoms. The number of hydrogen-bond acceptors (Lipinski definition) is 5. The molecule has 180 valence electrons. The number of thioether (sulfide) groups is 1. The Hall–Kier alpha value is -3.52. The lowest BCUT2D eigenvalue weighted by Gasteiger charge is -2.17. The smallest absolute Gasteiger partial charge is 0.387 e. The van der Waals surface area contributed by atoms with Gasteiger partial charge >= 0.3 is 6.61 Å². The lowest BCUT2D eigenvalue weighted by Crippen LogP contribution is -2.23. The number of fused-ring (bicyclic) bond motifs is 1. The third kappa shape index (κ3) is 5.43. The maximum absolute atomic E-state index is 13.5. The first-order chi connectivity index (χ1) is 16.7. The van der Waals surface area contributed by atoms with Crippen molar-refractivity contribution >= 4 is 28.4 Å². The fraction of sp³-hybridized carbons (Fsp3) is 0.222. The van der Waals surface area contributed by atoms with E-state index in [1.54, 1.807) is 25.1 Å². The molecule has 35 heavy (non-hydrogen) atoms. The minimum Gasteiger partial charge on any atom is -0.435 e. The first-order valence-electron chi connectivity index (χ1n) is 11.1. The highest BCUT2D eigenvalue weighted by Gasteiger charge is 2.22. The standard InChI is InChI=1S/C27H24F2N2O3S/c1-16(2)18-8-12-20(13-9-18)31-25(33)22-6-4-5-7-23(22)30-27(31)35-17(3)24(32)19-10-14-21(15-11-19)34-26(28)29/h4-17,26H,1-3H3. The van der Waals surface area contributed by atoms with Gasteiger partial charge < -0.3 is 4.74 Å². The van der Waals surface area contributed by atoms with Gasteiger partial charge in [0.2, 0.25) is 0 Å². The van der Waals surface area contributed by atoms with E-state index in [0.717, 1.165) is 5.56 Å². The highest BCUT2D eigenvalue weighted by molar-refractivity contribution is 8.00. The van der Waals surface area contributed by atoms with Crippen LogP contribution in [-0.2, 0) is 0 Å². The van der Waals surface area contributed by atoms with E-state index < -0.39 is 11.9 Å². The summed E-state index contributed by atoms with van der Waals surface area (Å²) in [5, 5.41) is 0.286. The number of rotatable bonds is 8. The molecule has 0 aliphatic carbocycles. The number of benzene rings is 3. The van der Waals surface area contributed by atoms with Gasteiger partial charge in [0, 0.05) is 5.56 Å². The molecular weight excluding hydrogens is 470 g/mol. The summed E-state index contributed by atoms with van der Waals surface area (Å²) < 4.78 is 30.7. The van der Waals surface area contributed by atoms with Crippen molar-refractivity contribution in [2.75, 3.05) is 0 Å². The van der Waals surface area contributed by atoms with Gasteiger partial charge in [-0.25, -0.2) is 4.98 Å². The second-order valence-corrected chi connectivity index (χ2v) is 9.63. The van der Waals surface area contributed by atoms with E-state index in [0.29, 0.717) is 33.2 Å². The third-order valence-corrected chi connectivity index (χ3v) is 6.63. The van der Waals surface area contributed by atoms with Crippen LogP contribution in [-0.4, -0.2) is 27.2 Å². The lowest BCUT2D eigenvalue weighted by molar-refractivity contribution is -0.0498. The Kier molecular flexibility index (Phi) is 7.31. The summed E-state index contributed by atoms with van der Waals surface area (Å²) in [5.74, 6) is 0.105. The molecule has 5 nitrogen and oxygen atoms in total. The first kappa shape index (κ1) is 24.6. The number of hydrogen-bond donors (Lipinski definition) is 0. The number of ether oxygens (including phenoxy) is 1. The molecule has 0 N–H and O–H groups in total. The van der Waals surface area contributed by atoms with Crippen molar-refractivity contribution in [2.24, 2.45) is 0 Å². The maximum Gasteiger partial charge on any atom is 0.387 e. The Morgan fingerprint density at radius 2 is 1.60 bits per heavy atom. The van der Waals surface area contributed by atoms with Gasteiger partial charge in [0.15, 0.2) is 10.9 Å². The molecule has 1 unspecified atom stereocenters. The largest absolute Gasteiger partial charge is 0.435 e. The van der Waals surface area contributed by atoms with Crippen LogP contribution in [0.25, 0.3) is 16.6 Å². The highest BCUT2D eigenvalue weighted by atomic mass is 32.2. The summed E-state index contributed by atoms with van der Waals surface area (Å²) in [6.07, 6.45) is 0. The molecule has 4 aromatic rings. The molecule has 4 rings (SSSR count). The van der Waals surface area contributed by atoms with Gasteiger partial charge in [-0.3, -0.25) is 14.2 Å². The van der Waals surface area contributed by atoms with Crippen molar-refractivity contribution in [1.29, 1.82) is 0 Å². The van der Waals surface area contributed by atoms with Gasteiger partial charge in [-0.05, 0) is 66.9 Å². The second-order valence-electron chi connectivity index (χ2n) is 8.33. The summed E-state index contributed by atoms with van der Waals surface area (Å²) in [6, 6.07) is 20.4. The molecular formula is C27H24F2N2O3S. The molecule has 1 atom stereocenters. The van der Waals surface area contributed by atoms with E-state index in [-0.39, 0.29) is 17.1 Å². The zero-order valence-corrected chi connectivity index (χ0v) is 20.3. The zero-order valence-electron chi connectivity index (χ0n) is 19.4. The Bertz CT molecular complexity index is 1400. The number of alkyl halides is 2. The van der Waals surface area contributed by atoms with Gasteiger partial charge in [-0.15, -0.1) is 0 Å². The van der Waals surface area contributed by atoms with Crippen LogP contribution < -0.4 is 10.3 Å². The summed E-state index contributed by atoms with van der Waals surface area (Å²) in [4.78, 5) is 31.2. The number of carbonyl (C=O) groups is 1. The van der Waals surface area contributed by atoms with E-state index in [4.69, 9.17) is 4.98 Å². The quantitative estimate of drug-likeness (QED) is 0.160. The monoisotopic (exact) mass is 494 g/mol. The van der Waals surface area contributed by atoms with E-state index in [1.807, 2.05) is 30.3 Å². The first-order valence-corrected chi connectivity index (χ1v) is 12.0. The van der Waals surface area contributed by atoms with Crippen LogP contribution in [0.15, 0.2) is 82.7 Å². The third-order valence-electron chi connectivity index (χ3n) is 5.58. The molecule has 8 heteroatoms. The normalized spacial score (nSPS) is 12.3. The van der Waals surface area contributed by atoms with Crippen LogP contribution in [0.3, 0.4) is 0 Å². The van der Waals surface area contributed by atoms with Crippen LogP contribution in [0.2, 0.25) is 0 Å². The summed E-state index contributed by atoms with van der Waals surface area (Å²) >= 11 is 1.17. The number of carbonyl (C=O) groups excluding carboxylic acids is 1. The van der Waals surface area contributed by atoms with Crippen LogP contribution in [0.1, 0.15) is 42.6 Å². The Morgan fingerprint density at radius 1 is 0.943 bits per heavy atom. The van der Waals surface area contributed by atoms with Gasteiger partial charge in [0.05, 0.1) is 21.8 Å². The van der Waals surface area contributed by atoms with Crippen molar-refractivity contribution in [3.63, 3.8) is 0 Å². The molecule has 3 aromatic carbocycles. The number of nitrogens with zero attached hydrogens (tertiary/aromatic N) is 2. The Labute approximate surface area is 205 Å². The van der Waals surface area contributed by atoms with Crippen LogP contribution in [0, 0.1) is 0 Å². The minimum atomic E-state index is -2.93. The van der Waals surface area contributed by atoms with E-state index >= 15 is 0 Å². The summed E-state index contributed by atoms with van der Waals surface area (Å²) in [5.41, 5.74) is 2.48. The van der Waals surface area contributed by atoms with Gasteiger partial charge in [0.25, 0.3) is 5.56 Å². The summed E-state index contributed by atoms with van der Waals surface area (Å²) in [6.45, 7) is 2.99. The maximum atomic E-state index is 13.5. The Morgan fingerprint density at radius 3 is 2.23 bits per heavy atom. The Balaban J connectivity index is 1.70. The predicted molar refractivity (Wildman–Crippen MR) is 134 cm³/mol. The molecule has 1 aromatic heterocycles.